The lowest BCUT2D eigenvalue weighted by molar-refractivity contribution is -0.127. The van der Waals surface area contributed by atoms with Gasteiger partial charge in [0.05, 0.1) is 11.4 Å². The molecule has 1 saturated heterocycles. The van der Waals surface area contributed by atoms with Gasteiger partial charge in [0.2, 0.25) is 5.91 Å². The van der Waals surface area contributed by atoms with Crippen molar-refractivity contribution in [1.82, 2.24) is 24.6 Å². The van der Waals surface area contributed by atoms with Crippen molar-refractivity contribution in [3.8, 4) is 11.3 Å². The Kier molecular flexibility index (Phi) is 6.04. The van der Waals surface area contributed by atoms with Crippen LogP contribution in [0.4, 0.5) is 11.5 Å². The maximum atomic E-state index is 12.3. The van der Waals surface area contributed by atoms with Gasteiger partial charge in [-0.15, -0.1) is 0 Å². The molecule has 0 bridgehead atoms. The number of likely N-dealkylation sites (tertiary alicyclic amines) is 1. The summed E-state index contributed by atoms with van der Waals surface area (Å²) < 4.78 is 1.92. The van der Waals surface area contributed by atoms with E-state index in [1.165, 1.54) is 29.2 Å². The number of carbonyl (C=O) groups is 1. The van der Waals surface area contributed by atoms with E-state index in [0.717, 1.165) is 60.6 Å². The first-order chi connectivity index (χ1) is 18.0. The number of benzene rings is 2. The number of amides is 1. The molecule has 1 atom stereocenters. The number of piperidine rings is 1. The number of nitrogens with zero attached hydrogens (tertiary/aromatic N) is 6. The molecule has 6 rings (SSSR count). The SMILES string of the molecule is C=CC(=O)N1CCCC(n2nc(-c3ccc(CN4CCc5ccc(Cl)cc54)cc3)c3c(N)ncnc32)C1. The lowest BCUT2D eigenvalue weighted by atomic mass is 10.1. The minimum Gasteiger partial charge on any atom is -0.383 e. The van der Waals surface area contributed by atoms with E-state index in [0.29, 0.717) is 18.0 Å². The van der Waals surface area contributed by atoms with Crippen LogP contribution in [0.1, 0.15) is 30.0 Å². The first kappa shape index (κ1) is 23.5. The maximum Gasteiger partial charge on any atom is 0.246 e. The van der Waals surface area contributed by atoms with Crippen LogP contribution in [0.15, 0.2) is 61.4 Å². The Morgan fingerprint density at radius 2 is 2.00 bits per heavy atom. The van der Waals surface area contributed by atoms with Gasteiger partial charge in [-0.2, -0.15) is 5.10 Å². The summed E-state index contributed by atoms with van der Waals surface area (Å²) >= 11 is 6.25. The third kappa shape index (κ3) is 4.31. The highest BCUT2D eigenvalue weighted by molar-refractivity contribution is 6.30. The molecule has 2 aromatic heterocycles. The van der Waals surface area contributed by atoms with E-state index in [1.54, 1.807) is 0 Å². The standard InChI is InChI=1S/C28H28ClN7O/c1-2-24(37)35-12-3-4-22(16-35)36-28-25(27(30)31-17-32-28)26(33-36)20-7-5-18(6-8-20)15-34-13-11-19-9-10-21(29)14-23(19)34/h2,5-10,14,17,22H,1,3-4,11-13,15-16H2,(H2,30,31,32). The van der Waals surface area contributed by atoms with E-state index < -0.39 is 0 Å². The number of aromatic nitrogens is 4. The fourth-order valence-corrected chi connectivity index (χ4v) is 5.67. The van der Waals surface area contributed by atoms with Gasteiger partial charge in [0.1, 0.15) is 17.8 Å². The van der Waals surface area contributed by atoms with E-state index in [4.69, 9.17) is 22.4 Å². The highest BCUT2D eigenvalue weighted by Crippen LogP contribution is 2.35. The molecule has 9 heteroatoms. The minimum absolute atomic E-state index is 0.00420. The van der Waals surface area contributed by atoms with Crippen LogP contribution in [-0.2, 0) is 17.8 Å². The summed E-state index contributed by atoms with van der Waals surface area (Å²) in [6, 6.07) is 14.6. The van der Waals surface area contributed by atoms with Crippen molar-refractivity contribution >= 4 is 40.0 Å². The van der Waals surface area contributed by atoms with Crippen molar-refractivity contribution in [2.45, 2.75) is 31.8 Å². The van der Waals surface area contributed by atoms with E-state index in [-0.39, 0.29) is 11.9 Å². The van der Waals surface area contributed by atoms with Crippen LogP contribution >= 0.6 is 11.6 Å². The van der Waals surface area contributed by atoms with Gasteiger partial charge in [0.15, 0.2) is 5.65 Å². The Hall–Kier alpha value is -3.91. The largest absolute Gasteiger partial charge is 0.383 e. The fourth-order valence-electron chi connectivity index (χ4n) is 5.51. The van der Waals surface area contributed by atoms with Crippen molar-refractivity contribution in [1.29, 1.82) is 0 Å². The quantitative estimate of drug-likeness (QED) is 0.391. The number of carbonyl (C=O) groups excluding carboxylic acids is 1. The number of hydrogen-bond acceptors (Lipinski definition) is 6. The first-order valence-corrected chi connectivity index (χ1v) is 12.9. The number of fused-ring (bicyclic) bond motifs is 2. The van der Waals surface area contributed by atoms with E-state index >= 15 is 0 Å². The molecule has 8 nitrogen and oxygen atoms in total. The summed E-state index contributed by atoms with van der Waals surface area (Å²) in [6.07, 6.45) is 5.66. The summed E-state index contributed by atoms with van der Waals surface area (Å²) in [6.45, 7) is 6.70. The predicted octanol–water partition coefficient (Wildman–Crippen LogP) is 4.64. The lowest BCUT2D eigenvalue weighted by Crippen LogP contribution is -2.40. The molecule has 2 N–H and O–H groups in total. The molecule has 1 fully saturated rings. The monoisotopic (exact) mass is 513 g/mol. The molecular weight excluding hydrogens is 486 g/mol. The molecule has 4 aromatic rings. The van der Waals surface area contributed by atoms with Crippen LogP contribution in [0.25, 0.3) is 22.3 Å². The second-order valence-electron chi connectivity index (χ2n) is 9.68. The van der Waals surface area contributed by atoms with E-state index in [9.17, 15) is 4.79 Å². The van der Waals surface area contributed by atoms with Crippen LogP contribution in [0.5, 0.6) is 0 Å². The van der Waals surface area contributed by atoms with Crippen molar-refractivity contribution in [3.05, 3.63) is 77.6 Å². The van der Waals surface area contributed by atoms with Gasteiger partial charge < -0.3 is 15.5 Å². The summed E-state index contributed by atoms with van der Waals surface area (Å²) in [5.74, 6) is 0.338. The number of anilines is 2. The Balaban J connectivity index is 1.30. The van der Waals surface area contributed by atoms with Crippen LogP contribution in [0, 0.1) is 0 Å². The molecule has 37 heavy (non-hydrogen) atoms. The Morgan fingerprint density at radius 3 is 2.81 bits per heavy atom. The average molecular weight is 514 g/mol. The number of rotatable bonds is 5. The molecule has 1 unspecified atom stereocenters. The van der Waals surface area contributed by atoms with Crippen molar-refractivity contribution < 1.29 is 4.79 Å². The number of hydrogen-bond donors (Lipinski definition) is 1. The molecular formula is C28H28ClN7O. The number of nitrogen functional groups attached to an aromatic ring is 1. The zero-order valence-electron chi connectivity index (χ0n) is 20.5. The lowest BCUT2D eigenvalue weighted by Gasteiger charge is -2.32. The smallest absolute Gasteiger partial charge is 0.246 e. The molecule has 2 aliphatic rings. The average Bonchev–Trinajstić information content (AvgIpc) is 3.51. The maximum absolute atomic E-state index is 12.3. The minimum atomic E-state index is -0.0611. The Bertz CT molecular complexity index is 1500. The second kappa shape index (κ2) is 9.52. The van der Waals surface area contributed by atoms with Crippen LogP contribution in [0.3, 0.4) is 0 Å². The highest BCUT2D eigenvalue weighted by Gasteiger charge is 2.28. The van der Waals surface area contributed by atoms with Crippen molar-refractivity contribution in [2.75, 3.05) is 30.3 Å². The summed E-state index contributed by atoms with van der Waals surface area (Å²) in [4.78, 5) is 25.2. The molecule has 0 aliphatic carbocycles. The fraction of sp³-hybridized carbons (Fsp3) is 0.286. The Labute approximate surface area is 220 Å². The third-order valence-electron chi connectivity index (χ3n) is 7.39. The summed E-state index contributed by atoms with van der Waals surface area (Å²) in [5, 5.41) is 6.48. The van der Waals surface area contributed by atoms with Gasteiger partial charge in [0, 0.05) is 42.5 Å². The zero-order chi connectivity index (χ0) is 25.5. The van der Waals surface area contributed by atoms with Gasteiger partial charge in [-0.05, 0) is 48.6 Å². The molecule has 0 saturated carbocycles. The van der Waals surface area contributed by atoms with Crippen LogP contribution in [0.2, 0.25) is 5.02 Å². The number of halogens is 1. The van der Waals surface area contributed by atoms with Gasteiger partial charge >= 0.3 is 0 Å². The molecule has 4 heterocycles. The molecule has 0 spiro atoms. The van der Waals surface area contributed by atoms with Gasteiger partial charge in [-0.1, -0.05) is 48.5 Å². The molecule has 1 amide bonds. The molecule has 0 radical (unpaired) electrons. The van der Waals surface area contributed by atoms with Crippen molar-refractivity contribution in [3.63, 3.8) is 0 Å². The summed E-state index contributed by atoms with van der Waals surface area (Å²) in [7, 11) is 0. The van der Waals surface area contributed by atoms with E-state index in [2.05, 4.69) is 57.8 Å². The first-order valence-electron chi connectivity index (χ1n) is 12.5. The van der Waals surface area contributed by atoms with Crippen LogP contribution < -0.4 is 10.6 Å². The third-order valence-corrected chi connectivity index (χ3v) is 7.62. The van der Waals surface area contributed by atoms with Gasteiger partial charge in [0.25, 0.3) is 0 Å². The van der Waals surface area contributed by atoms with E-state index in [1.807, 2.05) is 15.6 Å². The Morgan fingerprint density at radius 1 is 1.16 bits per heavy atom. The van der Waals surface area contributed by atoms with Gasteiger partial charge in [-0.3, -0.25) is 4.79 Å². The molecule has 2 aliphatic heterocycles. The highest BCUT2D eigenvalue weighted by atomic mass is 35.5. The molecule has 2 aromatic carbocycles. The normalized spacial score (nSPS) is 17.3. The zero-order valence-corrected chi connectivity index (χ0v) is 21.2. The van der Waals surface area contributed by atoms with Crippen LogP contribution in [-0.4, -0.2) is 50.2 Å². The topological polar surface area (TPSA) is 93.2 Å². The number of nitrogens with two attached hydrogens (primary N) is 1. The molecule has 188 valence electrons. The summed E-state index contributed by atoms with van der Waals surface area (Å²) in [5.41, 5.74) is 12.5. The van der Waals surface area contributed by atoms with Crippen molar-refractivity contribution in [2.24, 2.45) is 0 Å². The predicted molar refractivity (Wildman–Crippen MR) is 146 cm³/mol. The van der Waals surface area contributed by atoms with Gasteiger partial charge in [-0.25, -0.2) is 14.6 Å². The second-order valence-corrected chi connectivity index (χ2v) is 10.1.